The van der Waals surface area contributed by atoms with Crippen molar-refractivity contribution in [3.63, 3.8) is 0 Å². The first-order valence-electron chi connectivity index (χ1n) is 3.33. The van der Waals surface area contributed by atoms with Crippen molar-refractivity contribution in [3.8, 4) is 0 Å². The van der Waals surface area contributed by atoms with Crippen LogP contribution in [0.3, 0.4) is 0 Å². The molecule has 0 radical (unpaired) electrons. The highest BCUT2D eigenvalue weighted by atomic mass is 35.5. The lowest BCUT2D eigenvalue weighted by Crippen LogP contribution is -2.57. The maximum atomic E-state index is 11.2. The number of methoxy groups -OCH3 is 1. The molecule has 4 nitrogen and oxygen atoms in total. The fourth-order valence-corrected chi connectivity index (χ4v) is 1.14. The quantitative estimate of drug-likeness (QED) is 0.438. The first-order chi connectivity index (χ1) is 5.16. The van der Waals surface area contributed by atoms with Crippen molar-refractivity contribution < 1.29 is 9.53 Å². The third kappa shape index (κ3) is 1.64. The van der Waals surface area contributed by atoms with Crippen LogP contribution in [0, 0.1) is 0 Å². The maximum Gasteiger partial charge on any atom is 0.254 e. The van der Waals surface area contributed by atoms with Gasteiger partial charge in [0.25, 0.3) is 5.91 Å². The Morgan fingerprint density at radius 3 is 3.00 bits per heavy atom. The molecule has 1 N–H and O–H groups in total. The molecule has 0 aromatic rings. The van der Waals surface area contributed by atoms with Gasteiger partial charge in [0.15, 0.2) is 5.62 Å². The standard InChI is InChI=1S/C6H11ClN2O2/c1-9-5(10)4(11-2)3-8-6(9)7/h4,6,8H,3H2,1-2H3/t4-,6+/m1/s1. The second kappa shape index (κ2) is 3.38. The number of carbonyl (C=O) groups excluding carboxylic acids is 1. The molecule has 1 aliphatic heterocycles. The Labute approximate surface area is 70.4 Å². The van der Waals surface area contributed by atoms with Gasteiger partial charge in [-0.3, -0.25) is 10.1 Å². The van der Waals surface area contributed by atoms with Gasteiger partial charge in [-0.25, -0.2) is 0 Å². The van der Waals surface area contributed by atoms with E-state index in [2.05, 4.69) is 5.32 Å². The lowest BCUT2D eigenvalue weighted by molar-refractivity contribution is -0.145. The smallest absolute Gasteiger partial charge is 0.254 e. The summed E-state index contributed by atoms with van der Waals surface area (Å²) in [5.41, 5.74) is -0.408. The van der Waals surface area contributed by atoms with E-state index in [1.165, 1.54) is 12.0 Å². The fourth-order valence-electron chi connectivity index (χ4n) is 0.952. The molecule has 0 aromatic carbocycles. The zero-order valence-electron chi connectivity index (χ0n) is 6.50. The van der Waals surface area contributed by atoms with Crippen molar-refractivity contribution >= 4 is 17.5 Å². The van der Waals surface area contributed by atoms with Crippen LogP contribution < -0.4 is 5.32 Å². The van der Waals surface area contributed by atoms with Crippen molar-refractivity contribution in [2.24, 2.45) is 0 Å². The average molecular weight is 179 g/mol. The molecule has 2 atom stereocenters. The number of carbonyl (C=O) groups is 1. The molecule has 0 aromatic heterocycles. The Morgan fingerprint density at radius 1 is 1.82 bits per heavy atom. The van der Waals surface area contributed by atoms with E-state index in [9.17, 15) is 4.79 Å². The highest BCUT2D eigenvalue weighted by molar-refractivity contribution is 6.21. The van der Waals surface area contributed by atoms with Gasteiger partial charge in [0.1, 0.15) is 6.10 Å². The van der Waals surface area contributed by atoms with Crippen molar-refractivity contribution in [2.45, 2.75) is 11.7 Å². The van der Waals surface area contributed by atoms with Crippen molar-refractivity contribution in [1.29, 1.82) is 0 Å². The summed E-state index contributed by atoms with van der Waals surface area (Å²) in [5.74, 6) is -0.0775. The van der Waals surface area contributed by atoms with E-state index in [0.29, 0.717) is 6.54 Å². The van der Waals surface area contributed by atoms with Crippen LogP contribution >= 0.6 is 11.6 Å². The van der Waals surface area contributed by atoms with Crippen LogP contribution in [0.25, 0.3) is 0 Å². The van der Waals surface area contributed by atoms with Gasteiger partial charge in [-0.2, -0.15) is 0 Å². The number of nitrogens with one attached hydrogen (secondary N) is 1. The number of alkyl halides is 1. The summed E-state index contributed by atoms with van der Waals surface area (Å²) in [4.78, 5) is 12.7. The Balaban J connectivity index is 2.59. The number of ether oxygens (including phenoxy) is 1. The number of nitrogens with zero attached hydrogens (tertiary/aromatic N) is 1. The lowest BCUT2D eigenvalue weighted by Gasteiger charge is -2.33. The van der Waals surface area contributed by atoms with Crippen molar-refractivity contribution in [1.82, 2.24) is 10.2 Å². The van der Waals surface area contributed by atoms with Gasteiger partial charge in [-0.15, -0.1) is 0 Å². The Kier molecular flexibility index (Phi) is 2.70. The number of hydrogen-bond donors (Lipinski definition) is 1. The Bertz CT molecular complexity index is 161. The number of rotatable bonds is 1. The Morgan fingerprint density at radius 2 is 2.45 bits per heavy atom. The molecular formula is C6H11ClN2O2. The minimum atomic E-state index is -0.408. The van der Waals surface area contributed by atoms with Gasteiger partial charge in [0.2, 0.25) is 0 Å². The first-order valence-corrected chi connectivity index (χ1v) is 3.77. The maximum absolute atomic E-state index is 11.2. The van der Waals surface area contributed by atoms with E-state index in [-0.39, 0.29) is 5.91 Å². The molecule has 0 saturated carbocycles. The summed E-state index contributed by atoms with van der Waals surface area (Å²) in [5, 5.41) is 2.91. The predicted octanol–water partition coefficient (Wildman–Crippen LogP) is -0.415. The highest BCUT2D eigenvalue weighted by Crippen LogP contribution is 2.08. The SMILES string of the molecule is CO[C@@H]1CN[C@H](Cl)N(C)C1=O. The second-order valence-corrected chi connectivity index (χ2v) is 2.83. The van der Waals surface area contributed by atoms with Crippen LogP contribution in [0.15, 0.2) is 0 Å². The summed E-state index contributed by atoms with van der Waals surface area (Å²) in [6.45, 7) is 0.480. The van der Waals surface area contributed by atoms with Gasteiger partial charge in [-0.1, -0.05) is 11.6 Å². The average Bonchev–Trinajstić information content (AvgIpc) is 2.01. The zero-order chi connectivity index (χ0) is 8.43. The summed E-state index contributed by atoms with van der Waals surface area (Å²) in [7, 11) is 3.14. The van der Waals surface area contributed by atoms with E-state index in [4.69, 9.17) is 16.3 Å². The molecule has 1 amide bonds. The zero-order valence-corrected chi connectivity index (χ0v) is 7.26. The summed E-state index contributed by atoms with van der Waals surface area (Å²) in [6, 6.07) is 0. The molecular weight excluding hydrogens is 168 g/mol. The highest BCUT2D eigenvalue weighted by Gasteiger charge is 2.30. The molecule has 0 aliphatic carbocycles. The molecule has 0 unspecified atom stereocenters. The van der Waals surface area contributed by atoms with Crippen LogP contribution in [0.5, 0.6) is 0 Å². The summed E-state index contributed by atoms with van der Waals surface area (Å²) >= 11 is 5.72. The van der Waals surface area contributed by atoms with Crippen LogP contribution in [-0.4, -0.2) is 43.2 Å². The van der Waals surface area contributed by atoms with Crippen molar-refractivity contribution in [2.75, 3.05) is 20.7 Å². The van der Waals surface area contributed by atoms with E-state index in [1.54, 1.807) is 7.05 Å². The van der Waals surface area contributed by atoms with Crippen LogP contribution in [0.4, 0.5) is 0 Å². The molecule has 1 rings (SSSR count). The van der Waals surface area contributed by atoms with Gasteiger partial charge in [-0.05, 0) is 0 Å². The van der Waals surface area contributed by atoms with E-state index >= 15 is 0 Å². The number of likely N-dealkylation sites (N-methyl/N-ethyl adjacent to an activating group) is 1. The van der Waals surface area contributed by atoms with Gasteiger partial charge < -0.3 is 9.64 Å². The third-order valence-electron chi connectivity index (χ3n) is 1.72. The predicted molar refractivity (Wildman–Crippen MR) is 41.2 cm³/mol. The molecule has 1 heterocycles. The largest absolute Gasteiger partial charge is 0.370 e. The molecule has 11 heavy (non-hydrogen) atoms. The third-order valence-corrected chi connectivity index (χ3v) is 2.17. The van der Waals surface area contributed by atoms with E-state index in [1.807, 2.05) is 0 Å². The van der Waals surface area contributed by atoms with Crippen LogP contribution in [0.2, 0.25) is 0 Å². The Hall–Kier alpha value is -0.320. The monoisotopic (exact) mass is 178 g/mol. The van der Waals surface area contributed by atoms with Crippen LogP contribution in [0.1, 0.15) is 0 Å². The molecule has 1 fully saturated rings. The normalized spacial score (nSPS) is 32.6. The first kappa shape index (κ1) is 8.77. The molecule has 64 valence electrons. The minimum Gasteiger partial charge on any atom is -0.370 e. The number of halogens is 1. The lowest BCUT2D eigenvalue weighted by atomic mass is 10.3. The molecule has 1 aliphatic rings. The van der Waals surface area contributed by atoms with E-state index < -0.39 is 11.7 Å². The molecule has 0 spiro atoms. The van der Waals surface area contributed by atoms with Crippen LogP contribution in [-0.2, 0) is 9.53 Å². The topological polar surface area (TPSA) is 41.6 Å². The fraction of sp³-hybridized carbons (Fsp3) is 0.833. The van der Waals surface area contributed by atoms with E-state index in [0.717, 1.165) is 0 Å². The van der Waals surface area contributed by atoms with Gasteiger partial charge in [0, 0.05) is 20.7 Å². The van der Waals surface area contributed by atoms with Crippen molar-refractivity contribution in [3.05, 3.63) is 0 Å². The second-order valence-electron chi connectivity index (χ2n) is 2.42. The molecule has 1 saturated heterocycles. The minimum absolute atomic E-state index is 0.0775. The summed E-state index contributed by atoms with van der Waals surface area (Å²) in [6.07, 6.45) is -0.394. The van der Waals surface area contributed by atoms with Gasteiger partial charge in [0.05, 0.1) is 0 Å². The number of amides is 1. The van der Waals surface area contributed by atoms with Gasteiger partial charge >= 0.3 is 0 Å². The summed E-state index contributed by atoms with van der Waals surface area (Å²) < 4.78 is 4.91. The molecule has 5 heteroatoms. The number of hydrogen-bond acceptors (Lipinski definition) is 3. The molecule has 0 bridgehead atoms.